The lowest BCUT2D eigenvalue weighted by Crippen LogP contribution is -1.97. The number of hydrogen-bond donors (Lipinski definition) is 2. The zero-order valence-corrected chi connectivity index (χ0v) is 7.66. The molecule has 0 aromatic heterocycles. The van der Waals surface area contributed by atoms with E-state index in [4.69, 9.17) is 9.11 Å². The highest BCUT2D eigenvalue weighted by atomic mass is 32.2. The fourth-order valence-electron chi connectivity index (χ4n) is 1.35. The van der Waals surface area contributed by atoms with Crippen molar-refractivity contribution in [3.63, 3.8) is 0 Å². The molecule has 2 aromatic carbocycles. The average Bonchev–Trinajstić information content (AvgIpc) is 2.17. The Labute approximate surface area is 79.2 Å². The monoisotopic (exact) mass is 193 g/mol. The molecule has 2 N–H and O–H groups in total. The molecule has 2 aromatic rings. The molecular formula is C10H9O2S+. The Morgan fingerprint density at radius 2 is 1.54 bits per heavy atom. The summed E-state index contributed by atoms with van der Waals surface area (Å²) in [5.74, 6) is 0. The summed E-state index contributed by atoms with van der Waals surface area (Å²) >= 11 is -1.65. The van der Waals surface area contributed by atoms with Gasteiger partial charge in [-0.3, -0.25) is 0 Å². The molecule has 3 heteroatoms. The predicted molar refractivity (Wildman–Crippen MR) is 54.8 cm³/mol. The van der Waals surface area contributed by atoms with Crippen LogP contribution in [0.15, 0.2) is 47.4 Å². The Kier molecular flexibility index (Phi) is 2.22. The van der Waals surface area contributed by atoms with Crippen LogP contribution in [0.4, 0.5) is 0 Å². The Morgan fingerprint density at radius 1 is 0.846 bits per heavy atom. The lowest BCUT2D eigenvalue weighted by molar-refractivity contribution is 0.506. The molecule has 0 aliphatic heterocycles. The summed E-state index contributed by atoms with van der Waals surface area (Å²) in [6.45, 7) is 0. The minimum atomic E-state index is -1.65. The molecule has 0 aliphatic carbocycles. The summed E-state index contributed by atoms with van der Waals surface area (Å²) in [4.78, 5) is 0.582. The van der Waals surface area contributed by atoms with Crippen LogP contribution in [0.5, 0.6) is 0 Å². The summed E-state index contributed by atoms with van der Waals surface area (Å²) in [6, 6.07) is 13.2. The first kappa shape index (κ1) is 8.56. The number of fused-ring (bicyclic) bond motifs is 1. The Balaban J connectivity index is 2.76. The number of hydrogen-bond acceptors (Lipinski definition) is 2. The van der Waals surface area contributed by atoms with Gasteiger partial charge >= 0.3 is 11.5 Å². The predicted octanol–water partition coefficient (Wildman–Crippen LogP) is 2.76. The third-order valence-corrected chi connectivity index (χ3v) is 2.70. The molecular weight excluding hydrogens is 184 g/mol. The van der Waals surface area contributed by atoms with Gasteiger partial charge in [-0.25, -0.2) is 0 Å². The van der Waals surface area contributed by atoms with Gasteiger partial charge in [0.1, 0.15) is 0 Å². The molecule has 66 valence electrons. The lowest BCUT2D eigenvalue weighted by atomic mass is 10.1. The normalized spacial score (nSPS) is 11.0. The van der Waals surface area contributed by atoms with Gasteiger partial charge in [0, 0.05) is 11.5 Å². The van der Waals surface area contributed by atoms with Crippen LogP contribution >= 0.6 is 0 Å². The second kappa shape index (κ2) is 3.38. The van der Waals surface area contributed by atoms with Crippen molar-refractivity contribution in [2.45, 2.75) is 4.90 Å². The topological polar surface area (TPSA) is 40.5 Å². The van der Waals surface area contributed by atoms with Crippen molar-refractivity contribution < 1.29 is 9.11 Å². The minimum Gasteiger partial charge on any atom is -0.150 e. The van der Waals surface area contributed by atoms with Gasteiger partial charge < -0.3 is 0 Å². The van der Waals surface area contributed by atoms with E-state index >= 15 is 0 Å². The highest BCUT2D eigenvalue weighted by Gasteiger charge is 2.19. The van der Waals surface area contributed by atoms with Crippen LogP contribution < -0.4 is 0 Å². The molecule has 2 rings (SSSR count). The van der Waals surface area contributed by atoms with Crippen molar-refractivity contribution in [3.05, 3.63) is 42.5 Å². The van der Waals surface area contributed by atoms with Crippen molar-refractivity contribution in [1.82, 2.24) is 0 Å². The first-order chi connectivity index (χ1) is 6.29. The van der Waals surface area contributed by atoms with Gasteiger partial charge in [0.2, 0.25) is 4.90 Å². The standard InChI is InChI=1S/C10H9O2S/c11-13(12)10-7-3-5-8-4-1-2-6-9(8)10/h1-7,11-12H/q+1. The Bertz CT molecular complexity index is 421. The van der Waals surface area contributed by atoms with E-state index in [2.05, 4.69) is 0 Å². The molecule has 0 unspecified atom stereocenters. The average molecular weight is 193 g/mol. The highest BCUT2D eigenvalue weighted by Crippen LogP contribution is 2.21. The third-order valence-electron chi connectivity index (χ3n) is 1.95. The summed E-state index contributed by atoms with van der Waals surface area (Å²) in [5.41, 5.74) is 0. The molecule has 2 nitrogen and oxygen atoms in total. The largest absolute Gasteiger partial charge is 0.351 e. The molecule has 0 spiro atoms. The second-order valence-electron chi connectivity index (χ2n) is 2.74. The lowest BCUT2D eigenvalue weighted by Gasteiger charge is -1.97. The number of rotatable bonds is 1. The SMILES string of the molecule is O[S+](O)c1cccc2ccccc12. The summed E-state index contributed by atoms with van der Waals surface area (Å²) in [6.07, 6.45) is 0. The van der Waals surface area contributed by atoms with E-state index in [9.17, 15) is 0 Å². The fraction of sp³-hybridized carbons (Fsp3) is 0. The smallest absolute Gasteiger partial charge is 0.150 e. The zero-order chi connectivity index (χ0) is 9.26. The fourth-order valence-corrected chi connectivity index (χ4v) is 1.94. The van der Waals surface area contributed by atoms with Gasteiger partial charge in [-0.05, 0) is 11.5 Å². The quantitative estimate of drug-likeness (QED) is 0.684. The van der Waals surface area contributed by atoms with Crippen LogP contribution in [-0.2, 0) is 11.5 Å². The van der Waals surface area contributed by atoms with Crippen molar-refractivity contribution in [2.24, 2.45) is 0 Å². The van der Waals surface area contributed by atoms with Crippen LogP contribution in [-0.4, -0.2) is 9.11 Å². The van der Waals surface area contributed by atoms with Crippen molar-refractivity contribution in [3.8, 4) is 0 Å². The van der Waals surface area contributed by atoms with E-state index in [0.29, 0.717) is 4.90 Å². The van der Waals surface area contributed by atoms with Crippen molar-refractivity contribution >= 4 is 22.2 Å². The Hall–Kier alpha value is -1.03. The molecule has 0 saturated carbocycles. The molecule has 0 amide bonds. The molecule has 0 heterocycles. The first-order valence-electron chi connectivity index (χ1n) is 3.89. The molecule has 0 atom stereocenters. The first-order valence-corrected chi connectivity index (χ1v) is 5.03. The molecule has 13 heavy (non-hydrogen) atoms. The van der Waals surface area contributed by atoms with E-state index < -0.39 is 11.5 Å². The maximum Gasteiger partial charge on any atom is 0.351 e. The van der Waals surface area contributed by atoms with Gasteiger partial charge in [-0.15, -0.1) is 0 Å². The zero-order valence-electron chi connectivity index (χ0n) is 6.84. The summed E-state index contributed by atoms with van der Waals surface area (Å²) in [7, 11) is 0. The van der Waals surface area contributed by atoms with Crippen molar-refractivity contribution in [1.29, 1.82) is 0 Å². The third kappa shape index (κ3) is 1.54. The molecule has 0 radical (unpaired) electrons. The Morgan fingerprint density at radius 3 is 2.31 bits per heavy atom. The van der Waals surface area contributed by atoms with E-state index in [1.54, 1.807) is 6.07 Å². The maximum atomic E-state index is 9.11. The van der Waals surface area contributed by atoms with Gasteiger partial charge in [-0.2, -0.15) is 9.11 Å². The molecule has 0 bridgehead atoms. The molecule has 0 fully saturated rings. The van der Waals surface area contributed by atoms with E-state index in [0.717, 1.165) is 10.8 Å². The van der Waals surface area contributed by atoms with Crippen LogP contribution in [0.1, 0.15) is 0 Å². The van der Waals surface area contributed by atoms with Gasteiger partial charge in [0.25, 0.3) is 0 Å². The summed E-state index contributed by atoms with van der Waals surface area (Å²) in [5, 5.41) is 1.93. The van der Waals surface area contributed by atoms with E-state index in [1.807, 2.05) is 36.4 Å². The maximum absolute atomic E-state index is 9.11. The van der Waals surface area contributed by atoms with Crippen LogP contribution in [0.3, 0.4) is 0 Å². The molecule has 0 aliphatic rings. The second-order valence-corrected chi connectivity index (χ2v) is 3.71. The minimum absolute atomic E-state index is 0.582. The van der Waals surface area contributed by atoms with E-state index in [-0.39, 0.29) is 0 Å². The number of benzene rings is 2. The van der Waals surface area contributed by atoms with Crippen LogP contribution in [0.25, 0.3) is 10.8 Å². The van der Waals surface area contributed by atoms with Crippen molar-refractivity contribution in [2.75, 3.05) is 0 Å². The molecule has 0 saturated heterocycles. The van der Waals surface area contributed by atoms with Crippen LogP contribution in [0.2, 0.25) is 0 Å². The van der Waals surface area contributed by atoms with Gasteiger partial charge in [0.05, 0.1) is 0 Å². The van der Waals surface area contributed by atoms with Gasteiger partial charge in [0.15, 0.2) is 0 Å². The van der Waals surface area contributed by atoms with Crippen LogP contribution in [0, 0.1) is 0 Å². The summed E-state index contributed by atoms with van der Waals surface area (Å²) < 4.78 is 18.2. The van der Waals surface area contributed by atoms with Gasteiger partial charge in [-0.1, -0.05) is 30.3 Å². The highest BCUT2D eigenvalue weighted by molar-refractivity contribution is 7.86. The van der Waals surface area contributed by atoms with E-state index in [1.165, 1.54) is 0 Å².